The maximum atomic E-state index is 11.4. The van der Waals surface area contributed by atoms with E-state index in [1.807, 2.05) is 0 Å². The summed E-state index contributed by atoms with van der Waals surface area (Å²) in [4.78, 5) is 20.7. The van der Waals surface area contributed by atoms with Gasteiger partial charge in [-0.25, -0.2) is 4.98 Å². The number of ether oxygens (including phenoxy) is 1. The molecule has 0 aromatic carbocycles. The zero-order valence-corrected chi connectivity index (χ0v) is 18.4. The Morgan fingerprint density at radius 2 is 2.03 bits per heavy atom. The van der Waals surface area contributed by atoms with Crippen molar-refractivity contribution in [3.63, 3.8) is 0 Å². The molecule has 4 rings (SSSR count). The largest absolute Gasteiger partial charge is 0.377 e. The van der Waals surface area contributed by atoms with Crippen LogP contribution in [0.3, 0.4) is 0 Å². The standard InChI is InChI=1S/C24H35N3O2/c1-6-10-26(15-28)13-20-17(3)16(2)18(4)23(25-20)27-11-7-22(19-12-21(19)27)29-14-24(5)8-9-24/h6,15,19,21-22H,1,7-14H2,2-5H3. The minimum Gasteiger partial charge on any atom is -0.377 e. The fourth-order valence-corrected chi connectivity index (χ4v) is 4.64. The van der Waals surface area contributed by atoms with Gasteiger partial charge in [-0.15, -0.1) is 6.58 Å². The Hall–Kier alpha value is -1.88. The molecule has 3 fully saturated rings. The highest BCUT2D eigenvalue weighted by Crippen LogP contribution is 2.49. The van der Waals surface area contributed by atoms with Gasteiger partial charge >= 0.3 is 0 Å². The highest BCUT2D eigenvalue weighted by Gasteiger charge is 2.52. The molecule has 1 aromatic rings. The van der Waals surface area contributed by atoms with Crippen molar-refractivity contribution in [3.05, 3.63) is 35.0 Å². The SMILES string of the molecule is C=CCN(C=O)Cc1nc(N2CCC(OCC3(C)CC3)C3CC32)c(C)c(C)c1C. The van der Waals surface area contributed by atoms with Crippen LogP contribution in [0.25, 0.3) is 0 Å². The van der Waals surface area contributed by atoms with Crippen LogP contribution in [-0.2, 0) is 16.1 Å². The van der Waals surface area contributed by atoms with Crippen molar-refractivity contribution >= 4 is 12.2 Å². The van der Waals surface area contributed by atoms with E-state index in [1.165, 1.54) is 36.0 Å². The van der Waals surface area contributed by atoms with Crippen LogP contribution < -0.4 is 4.90 Å². The van der Waals surface area contributed by atoms with Crippen LogP contribution in [0.4, 0.5) is 5.82 Å². The second kappa shape index (κ2) is 7.75. The molecule has 29 heavy (non-hydrogen) atoms. The van der Waals surface area contributed by atoms with Crippen molar-refractivity contribution in [3.8, 4) is 0 Å². The van der Waals surface area contributed by atoms with Gasteiger partial charge in [0, 0.05) is 25.0 Å². The highest BCUT2D eigenvalue weighted by molar-refractivity contribution is 5.56. The summed E-state index contributed by atoms with van der Waals surface area (Å²) in [6.07, 6.45) is 7.99. The molecule has 2 heterocycles. The van der Waals surface area contributed by atoms with E-state index in [1.54, 1.807) is 11.0 Å². The van der Waals surface area contributed by atoms with Crippen LogP contribution in [0.2, 0.25) is 0 Å². The van der Waals surface area contributed by atoms with Crippen LogP contribution in [-0.4, -0.2) is 48.1 Å². The molecular formula is C24H35N3O2. The average molecular weight is 398 g/mol. The van der Waals surface area contributed by atoms with Crippen molar-refractivity contribution in [2.75, 3.05) is 24.6 Å². The molecule has 2 aliphatic carbocycles. The maximum absolute atomic E-state index is 11.4. The summed E-state index contributed by atoms with van der Waals surface area (Å²) in [6, 6.07) is 0.553. The third-order valence-corrected chi connectivity index (χ3v) is 7.36. The Morgan fingerprint density at radius 3 is 2.69 bits per heavy atom. The Bertz CT molecular complexity index is 802. The van der Waals surface area contributed by atoms with E-state index in [0.29, 0.717) is 36.6 Å². The van der Waals surface area contributed by atoms with Crippen molar-refractivity contribution in [1.29, 1.82) is 0 Å². The first kappa shape index (κ1) is 20.4. The number of piperidine rings is 1. The van der Waals surface area contributed by atoms with E-state index in [-0.39, 0.29) is 0 Å². The van der Waals surface area contributed by atoms with Crippen LogP contribution in [0, 0.1) is 32.1 Å². The Kier molecular flexibility index (Phi) is 5.45. The lowest BCUT2D eigenvalue weighted by Crippen LogP contribution is -2.40. The lowest BCUT2D eigenvalue weighted by molar-refractivity contribution is -0.118. The molecule has 0 spiro atoms. The van der Waals surface area contributed by atoms with Gasteiger partial charge in [0.1, 0.15) is 5.82 Å². The van der Waals surface area contributed by atoms with E-state index >= 15 is 0 Å². The smallest absolute Gasteiger partial charge is 0.210 e. The molecule has 2 saturated carbocycles. The second-order valence-electron chi connectivity index (χ2n) is 9.69. The number of carbonyl (C=O) groups is 1. The molecule has 3 unspecified atom stereocenters. The van der Waals surface area contributed by atoms with Gasteiger partial charge in [0.05, 0.1) is 24.9 Å². The number of hydrogen-bond donors (Lipinski definition) is 0. The van der Waals surface area contributed by atoms with E-state index in [2.05, 4.69) is 39.2 Å². The minimum absolute atomic E-state index is 0.415. The number of anilines is 1. The van der Waals surface area contributed by atoms with Crippen LogP contribution in [0.15, 0.2) is 12.7 Å². The zero-order valence-electron chi connectivity index (χ0n) is 18.4. The molecule has 1 amide bonds. The highest BCUT2D eigenvalue weighted by atomic mass is 16.5. The van der Waals surface area contributed by atoms with Gasteiger partial charge in [0.15, 0.2) is 0 Å². The lowest BCUT2D eigenvalue weighted by atomic mass is 10.0. The summed E-state index contributed by atoms with van der Waals surface area (Å²) < 4.78 is 6.34. The van der Waals surface area contributed by atoms with Crippen molar-refractivity contribution in [2.45, 2.75) is 72.1 Å². The Balaban J connectivity index is 1.50. The normalized spacial score (nSPS) is 26.6. The van der Waals surface area contributed by atoms with Crippen molar-refractivity contribution in [1.82, 2.24) is 9.88 Å². The predicted octanol–water partition coefficient (Wildman–Crippen LogP) is 3.94. The minimum atomic E-state index is 0.415. The van der Waals surface area contributed by atoms with Gasteiger partial charge in [-0.1, -0.05) is 13.0 Å². The molecule has 158 valence electrons. The van der Waals surface area contributed by atoms with Gasteiger partial charge in [0.2, 0.25) is 6.41 Å². The average Bonchev–Trinajstić information content (AvgIpc) is 3.63. The summed E-state index contributed by atoms with van der Waals surface area (Å²) in [5.41, 5.74) is 5.19. The molecule has 5 heteroatoms. The molecule has 0 N–H and O–H groups in total. The van der Waals surface area contributed by atoms with Crippen molar-refractivity contribution in [2.24, 2.45) is 11.3 Å². The number of carbonyl (C=O) groups excluding carboxylic acids is 1. The van der Waals surface area contributed by atoms with Crippen LogP contribution in [0.1, 0.15) is 55.0 Å². The molecule has 5 nitrogen and oxygen atoms in total. The molecule has 3 aliphatic rings. The summed E-state index contributed by atoms with van der Waals surface area (Å²) in [5, 5.41) is 0. The maximum Gasteiger partial charge on any atom is 0.210 e. The Morgan fingerprint density at radius 1 is 1.28 bits per heavy atom. The van der Waals surface area contributed by atoms with Crippen LogP contribution >= 0.6 is 0 Å². The number of nitrogens with zero attached hydrogens (tertiary/aromatic N) is 3. The molecule has 0 bridgehead atoms. The molecule has 0 radical (unpaired) electrons. The van der Waals surface area contributed by atoms with Gasteiger partial charge in [-0.2, -0.15) is 0 Å². The molecule has 1 saturated heterocycles. The molecule has 1 aliphatic heterocycles. The fourth-order valence-electron chi connectivity index (χ4n) is 4.64. The van der Waals surface area contributed by atoms with E-state index in [4.69, 9.17) is 9.72 Å². The summed E-state index contributed by atoms with van der Waals surface area (Å²) in [5.74, 6) is 1.75. The first-order valence-electron chi connectivity index (χ1n) is 11.0. The monoisotopic (exact) mass is 397 g/mol. The first-order chi connectivity index (χ1) is 13.9. The Labute approximate surface area is 175 Å². The summed E-state index contributed by atoms with van der Waals surface area (Å²) in [6.45, 7) is 15.6. The van der Waals surface area contributed by atoms with Crippen molar-refractivity contribution < 1.29 is 9.53 Å². The van der Waals surface area contributed by atoms with E-state index in [0.717, 1.165) is 37.5 Å². The third kappa shape index (κ3) is 4.07. The molecular weight excluding hydrogens is 362 g/mol. The number of pyridine rings is 1. The quantitative estimate of drug-likeness (QED) is 0.468. The number of rotatable bonds is 9. The van der Waals surface area contributed by atoms with E-state index < -0.39 is 0 Å². The summed E-state index contributed by atoms with van der Waals surface area (Å²) >= 11 is 0. The first-order valence-corrected chi connectivity index (χ1v) is 11.0. The topological polar surface area (TPSA) is 45.7 Å². The van der Waals surface area contributed by atoms with Gasteiger partial charge < -0.3 is 14.5 Å². The second-order valence-corrected chi connectivity index (χ2v) is 9.69. The molecule has 3 atom stereocenters. The van der Waals surface area contributed by atoms with Gasteiger partial charge in [-0.05, 0) is 68.6 Å². The lowest BCUT2D eigenvalue weighted by Gasteiger charge is -2.34. The third-order valence-electron chi connectivity index (χ3n) is 7.36. The predicted molar refractivity (Wildman–Crippen MR) is 116 cm³/mol. The zero-order chi connectivity index (χ0) is 20.8. The number of hydrogen-bond acceptors (Lipinski definition) is 4. The number of fused-ring (bicyclic) bond motifs is 1. The van der Waals surface area contributed by atoms with E-state index in [9.17, 15) is 4.79 Å². The summed E-state index contributed by atoms with van der Waals surface area (Å²) in [7, 11) is 0. The van der Waals surface area contributed by atoms with Crippen LogP contribution in [0.5, 0.6) is 0 Å². The molecule has 1 aromatic heterocycles. The number of amides is 1. The van der Waals surface area contributed by atoms with Gasteiger partial charge in [-0.3, -0.25) is 4.79 Å². The fraction of sp³-hybridized carbons (Fsp3) is 0.667. The van der Waals surface area contributed by atoms with Gasteiger partial charge in [0.25, 0.3) is 0 Å². The number of aromatic nitrogens is 1.